The predicted molar refractivity (Wildman–Crippen MR) is 99.1 cm³/mol. The van der Waals surface area contributed by atoms with Crippen LogP contribution in [0.15, 0.2) is 29.3 Å². The second-order valence-electron chi connectivity index (χ2n) is 6.37. The molecule has 1 aliphatic rings. The van der Waals surface area contributed by atoms with Gasteiger partial charge >= 0.3 is 0 Å². The van der Waals surface area contributed by atoms with Crippen LogP contribution >= 0.6 is 0 Å². The zero-order valence-electron chi connectivity index (χ0n) is 15.1. The number of ether oxygens (including phenoxy) is 1. The number of morpholine rings is 1. The molecular weight excluding hydrogens is 321 g/mol. The van der Waals surface area contributed by atoms with Gasteiger partial charge < -0.3 is 20.7 Å². The number of aliphatic imine (C=N–C) groups is 1. The van der Waals surface area contributed by atoms with Gasteiger partial charge in [-0.05, 0) is 31.2 Å². The van der Waals surface area contributed by atoms with E-state index in [1.165, 1.54) is 12.1 Å². The Morgan fingerprint density at radius 3 is 2.76 bits per heavy atom. The summed E-state index contributed by atoms with van der Waals surface area (Å²) in [6, 6.07) is 6.60. The second kappa shape index (κ2) is 11.0. The fourth-order valence-electron chi connectivity index (χ4n) is 2.73. The molecule has 3 N–H and O–H groups in total. The van der Waals surface area contributed by atoms with Crippen LogP contribution < -0.4 is 11.1 Å². The molecule has 7 heteroatoms. The molecule has 25 heavy (non-hydrogen) atoms. The third-order valence-electron chi connectivity index (χ3n) is 4.18. The van der Waals surface area contributed by atoms with E-state index < -0.39 is 0 Å². The van der Waals surface area contributed by atoms with Crippen LogP contribution in [0.4, 0.5) is 4.39 Å². The number of halogens is 1. The third-order valence-corrected chi connectivity index (χ3v) is 4.18. The van der Waals surface area contributed by atoms with Crippen molar-refractivity contribution in [1.29, 1.82) is 0 Å². The average molecular weight is 351 g/mol. The minimum Gasteiger partial charge on any atom is -0.379 e. The standard InChI is InChI=1S/C18H30FN5O/c1-23(15-16-3-5-17(19)6-4-16)10-8-22-18(20)21-7-2-9-24-11-13-25-14-12-24/h3-6H,2,7-15H2,1H3,(H3,20,21,22). The molecule has 0 atom stereocenters. The minimum atomic E-state index is -0.203. The number of guanidine groups is 1. The summed E-state index contributed by atoms with van der Waals surface area (Å²) in [5.41, 5.74) is 6.98. The van der Waals surface area contributed by atoms with Crippen LogP contribution in [0.2, 0.25) is 0 Å². The van der Waals surface area contributed by atoms with Crippen molar-refractivity contribution in [3.8, 4) is 0 Å². The number of hydrogen-bond donors (Lipinski definition) is 2. The molecule has 1 fully saturated rings. The summed E-state index contributed by atoms with van der Waals surface area (Å²) in [7, 11) is 2.03. The highest BCUT2D eigenvalue weighted by Crippen LogP contribution is 2.05. The number of rotatable bonds is 9. The summed E-state index contributed by atoms with van der Waals surface area (Å²) in [5.74, 6) is 0.294. The van der Waals surface area contributed by atoms with Gasteiger partial charge in [-0.25, -0.2) is 4.39 Å². The van der Waals surface area contributed by atoms with Gasteiger partial charge in [0.15, 0.2) is 5.96 Å². The Bertz CT molecular complexity index is 517. The van der Waals surface area contributed by atoms with Crippen molar-refractivity contribution in [2.24, 2.45) is 10.7 Å². The highest BCUT2D eigenvalue weighted by atomic mass is 19.1. The van der Waals surface area contributed by atoms with E-state index in [1.54, 1.807) is 0 Å². The lowest BCUT2D eigenvalue weighted by atomic mass is 10.2. The highest BCUT2D eigenvalue weighted by molar-refractivity contribution is 5.77. The van der Waals surface area contributed by atoms with Crippen molar-refractivity contribution in [2.45, 2.75) is 13.0 Å². The molecule has 1 saturated heterocycles. The molecule has 6 nitrogen and oxygen atoms in total. The molecule has 0 amide bonds. The molecule has 0 saturated carbocycles. The van der Waals surface area contributed by atoms with Gasteiger partial charge in [0, 0.05) is 45.8 Å². The van der Waals surface area contributed by atoms with E-state index in [9.17, 15) is 4.39 Å². The molecule has 140 valence electrons. The molecule has 1 aromatic carbocycles. The fourth-order valence-corrected chi connectivity index (χ4v) is 2.73. The maximum absolute atomic E-state index is 12.9. The number of nitrogens with zero attached hydrogens (tertiary/aromatic N) is 3. The van der Waals surface area contributed by atoms with Crippen LogP contribution in [0.5, 0.6) is 0 Å². The third kappa shape index (κ3) is 8.29. The predicted octanol–water partition coefficient (Wildman–Crippen LogP) is 0.884. The maximum Gasteiger partial charge on any atom is 0.188 e. The Morgan fingerprint density at radius 1 is 1.32 bits per heavy atom. The minimum absolute atomic E-state index is 0.203. The summed E-state index contributed by atoms with van der Waals surface area (Å²) >= 11 is 0. The normalized spacial score (nSPS) is 16.4. The van der Waals surface area contributed by atoms with Crippen molar-refractivity contribution < 1.29 is 9.13 Å². The number of hydrogen-bond acceptors (Lipinski definition) is 4. The van der Waals surface area contributed by atoms with E-state index in [0.29, 0.717) is 5.96 Å². The van der Waals surface area contributed by atoms with Gasteiger partial charge in [0.1, 0.15) is 5.82 Å². The van der Waals surface area contributed by atoms with Crippen molar-refractivity contribution >= 4 is 5.96 Å². The highest BCUT2D eigenvalue weighted by Gasteiger charge is 2.08. The van der Waals surface area contributed by atoms with Gasteiger partial charge in [-0.2, -0.15) is 0 Å². The number of nitrogens with two attached hydrogens (primary N) is 1. The van der Waals surface area contributed by atoms with E-state index in [2.05, 4.69) is 20.1 Å². The summed E-state index contributed by atoms with van der Waals surface area (Å²) in [4.78, 5) is 8.92. The van der Waals surface area contributed by atoms with Gasteiger partial charge in [-0.3, -0.25) is 9.89 Å². The Labute approximate surface area is 149 Å². The lowest BCUT2D eigenvalue weighted by Crippen LogP contribution is -2.38. The first-order valence-corrected chi connectivity index (χ1v) is 8.90. The Morgan fingerprint density at radius 2 is 2.04 bits per heavy atom. The average Bonchev–Trinajstić information content (AvgIpc) is 2.62. The summed E-state index contributed by atoms with van der Waals surface area (Å²) in [5, 5.41) is 3.14. The first kappa shape index (κ1) is 19.6. The molecule has 0 aliphatic carbocycles. The number of likely N-dealkylation sites (N-methyl/N-ethyl adjacent to an activating group) is 1. The molecular formula is C18H30FN5O. The van der Waals surface area contributed by atoms with E-state index in [4.69, 9.17) is 10.5 Å². The van der Waals surface area contributed by atoms with Crippen LogP contribution in [0.3, 0.4) is 0 Å². The van der Waals surface area contributed by atoms with Gasteiger partial charge in [-0.1, -0.05) is 12.1 Å². The van der Waals surface area contributed by atoms with Gasteiger partial charge in [-0.15, -0.1) is 0 Å². The van der Waals surface area contributed by atoms with Crippen molar-refractivity contribution in [2.75, 3.05) is 59.5 Å². The van der Waals surface area contributed by atoms with Gasteiger partial charge in [0.25, 0.3) is 0 Å². The van der Waals surface area contributed by atoms with Crippen LogP contribution in [-0.4, -0.2) is 75.3 Å². The smallest absolute Gasteiger partial charge is 0.188 e. The van der Waals surface area contributed by atoms with E-state index in [1.807, 2.05) is 19.2 Å². The topological polar surface area (TPSA) is 66.1 Å². The molecule has 2 rings (SSSR count). The van der Waals surface area contributed by atoms with E-state index >= 15 is 0 Å². The largest absolute Gasteiger partial charge is 0.379 e. The molecule has 0 unspecified atom stereocenters. The Hall–Kier alpha value is -1.70. The summed E-state index contributed by atoms with van der Waals surface area (Å²) in [6.45, 7) is 7.81. The number of nitrogens with one attached hydrogen (secondary N) is 1. The molecule has 0 bridgehead atoms. The van der Waals surface area contributed by atoms with Crippen LogP contribution in [0, 0.1) is 5.82 Å². The molecule has 1 aliphatic heterocycles. The van der Waals surface area contributed by atoms with Crippen molar-refractivity contribution in [3.63, 3.8) is 0 Å². The lowest BCUT2D eigenvalue weighted by Gasteiger charge is -2.26. The monoisotopic (exact) mass is 351 g/mol. The molecule has 0 aromatic heterocycles. The Balaban J connectivity index is 1.54. The van der Waals surface area contributed by atoms with Crippen LogP contribution in [-0.2, 0) is 11.3 Å². The van der Waals surface area contributed by atoms with Crippen molar-refractivity contribution in [3.05, 3.63) is 35.6 Å². The van der Waals surface area contributed by atoms with Gasteiger partial charge in [0.05, 0.1) is 13.2 Å². The second-order valence-corrected chi connectivity index (χ2v) is 6.37. The zero-order valence-corrected chi connectivity index (χ0v) is 15.1. The van der Waals surface area contributed by atoms with Crippen molar-refractivity contribution in [1.82, 2.24) is 15.1 Å². The zero-order chi connectivity index (χ0) is 17.9. The molecule has 0 spiro atoms. The van der Waals surface area contributed by atoms with E-state index in [-0.39, 0.29) is 5.82 Å². The quantitative estimate of drug-likeness (QED) is 0.393. The van der Waals surface area contributed by atoms with E-state index in [0.717, 1.165) is 71.0 Å². The number of benzene rings is 1. The van der Waals surface area contributed by atoms with Gasteiger partial charge in [0.2, 0.25) is 0 Å². The molecule has 1 heterocycles. The van der Waals surface area contributed by atoms with Crippen LogP contribution in [0.1, 0.15) is 12.0 Å². The Kier molecular flexibility index (Phi) is 8.65. The molecule has 1 aromatic rings. The molecule has 0 radical (unpaired) electrons. The first-order valence-electron chi connectivity index (χ1n) is 8.90. The first-order chi connectivity index (χ1) is 12.1. The maximum atomic E-state index is 12.9. The lowest BCUT2D eigenvalue weighted by molar-refractivity contribution is 0.0377. The summed E-state index contributed by atoms with van der Waals surface area (Å²) in [6.07, 6.45) is 1.01. The van der Waals surface area contributed by atoms with Crippen LogP contribution in [0.25, 0.3) is 0 Å². The summed E-state index contributed by atoms with van der Waals surface area (Å²) < 4.78 is 18.2. The SMILES string of the molecule is CN(CCNC(N)=NCCCN1CCOCC1)Cc1ccc(F)cc1. The fraction of sp³-hybridized carbons (Fsp3) is 0.611.